The summed E-state index contributed by atoms with van der Waals surface area (Å²) in [5.74, 6) is 0.928. The SMILES string of the molecule is CCC(N)(c1ccc(F)cn1)c1cc(OC)ccc1OC. The summed E-state index contributed by atoms with van der Waals surface area (Å²) in [7, 11) is 3.17. The van der Waals surface area contributed by atoms with Crippen molar-refractivity contribution < 1.29 is 13.9 Å². The van der Waals surface area contributed by atoms with Gasteiger partial charge in [0.15, 0.2) is 0 Å². The van der Waals surface area contributed by atoms with Crippen molar-refractivity contribution in [1.29, 1.82) is 0 Å². The van der Waals surface area contributed by atoms with Gasteiger partial charge in [0.25, 0.3) is 0 Å². The third-order valence-corrected chi connectivity index (χ3v) is 3.63. The van der Waals surface area contributed by atoms with Crippen LogP contribution in [0.4, 0.5) is 4.39 Å². The van der Waals surface area contributed by atoms with Crippen molar-refractivity contribution in [3.8, 4) is 11.5 Å². The van der Waals surface area contributed by atoms with Gasteiger partial charge in [-0.25, -0.2) is 4.39 Å². The van der Waals surface area contributed by atoms with Gasteiger partial charge in [-0.3, -0.25) is 4.98 Å². The summed E-state index contributed by atoms with van der Waals surface area (Å²) in [4.78, 5) is 4.13. The van der Waals surface area contributed by atoms with E-state index < -0.39 is 11.4 Å². The number of hydrogen-bond donors (Lipinski definition) is 1. The molecule has 0 fully saturated rings. The van der Waals surface area contributed by atoms with Gasteiger partial charge in [0.1, 0.15) is 17.3 Å². The number of rotatable bonds is 5. The molecule has 1 atom stereocenters. The van der Waals surface area contributed by atoms with Crippen LogP contribution in [-0.4, -0.2) is 19.2 Å². The predicted octanol–water partition coefficient (Wildman–Crippen LogP) is 2.85. The van der Waals surface area contributed by atoms with Crippen molar-refractivity contribution in [2.24, 2.45) is 5.73 Å². The van der Waals surface area contributed by atoms with Gasteiger partial charge in [-0.2, -0.15) is 0 Å². The molecule has 1 heterocycles. The van der Waals surface area contributed by atoms with Gasteiger partial charge in [0.2, 0.25) is 0 Å². The highest BCUT2D eigenvalue weighted by Gasteiger charge is 2.32. The standard InChI is InChI=1S/C16H19FN2O2/c1-4-16(18,15-8-5-11(17)10-19-15)13-9-12(20-2)6-7-14(13)21-3/h5-10H,4,18H2,1-3H3. The zero-order valence-electron chi connectivity index (χ0n) is 12.4. The minimum atomic E-state index is -0.881. The normalized spacial score (nSPS) is 13.6. The van der Waals surface area contributed by atoms with E-state index in [9.17, 15) is 4.39 Å². The van der Waals surface area contributed by atoms with E-state index in [-0.39, 0.29) is 0 Å². The number of nitrogens with zero attached hydrogens (tertiary/aromatic N) is 1. The first kappa shape index (κ1) is 15.3. The summed E-state index contributed by atoms with van der Waals surface area (Å²) in [5.41, 5.74) is 7.03. The molecular weight excluding hydrogens is 271 g/mol. The maximum Gasteiger partial charge on any atom is 0.141 e. The molecule has 112 valence electrons. The Labute approximate surface area is 123 Å². The molecule has 0 saturated carbocycles. The Morgan fingerprint density at radius 1 is 1.19 bits per heavy atom. The van der Waals surface area contributed by atoms with Crippen LogP contribution in [0, 0.1) is 5.82 Å². The molecule has 0 aliphatic carbocycles. The maximum atomic E-state index is 13.1. The number of hydrogen-bond acceptors (Lipinski definition) is 4. The second-order valence-corrected chi connectivity index (χ2v) is 4.75. The Hall–Kier alpha value is -2.14. The van der Waals surface area contributed by atoms with E-state index >= 15 is 0 Å². The highest BCUT2D eigenvalue weighted by molar-refractivity contribution is 5.48. The summed E-state index contributed by atoms with van der Waals surface area (Å²) in [5, 5.41) is 0. The molecule has 0 bridgehead atoms. The van der Waals surface area contributed by atoms with Gasteiger partial charge in [0.05, 0.1) is 31.6 Å². The van der Waals surface area contributed by atoms with Crippen LogP contribution in [0.5, 0.6) is 11.5 Å². The van der Waals surface area contributed by atoms with Crippen molar-refractivity contribution in [3.63, 3.8) is 0 Å². The lowest BCUT2D eigenvalue weighted by Crippen LogP contribution is -2.38. The molecule has 21 heavy (non-hydrogen) atoms. The van der Waals surface area contributed by atoms with Crippen LogP contribution in [0.15, 0.2) is 36.5 Å². The van der Waals surface area contributed by atoms with E-state index in [4.69, 9.17) is 15.2 Å². The average Bonchev–Trinajstić information content (AvgIpc) is 2.54. The number of aromatic nitrogens is 1. The summed E-state index contributed by atoms with van der Waals surface area (Å²) >= 11 is 0. The summed E-state index contributed by atoms with van der Waals surface area (Å²) in [6, 6.07) is 8.38. The van der Waals surface area contributed by atoms with Crippen molar-refractivity contribution in [1.82, 2.24) is 4.98 Å². The number of benzene rings is 1. The predicted molar refractivity (Wildman–Crippen MR) is 79.0 cm³/mol. The molecular formula is C16H19FN2O2. The van der Waals surface area contributed by atoms with E-state index in [0.29, 0.717) is 23.6 Å². The molecule has 1 aromatic carbocycles. The third kappa shape index (κ3) is 2.83. The number of pyridine rings is 1. The molecule has 1 aromatic heterocycles. The molecule has 5 heteroatoms. The van der Waals surface area contributed by atoms with Gasteiger partial charge < -0.3 is 15.2 Å². The van der Waals surface area contributed by atoms with Gasteiger partial charge in [-0.15, -0.1) is 0 Å². The summed E-state index contributed by atoms with van der Waals surface area (Å²) in [6.07, 6.45) is 1.74. The maximum absolute atomic E-state index is 13.1. The lowest BCUT2D eigenvalue weighted by Gasteiger charge is -2.30. The summed E-state index contributed by atoms with van der Waals surface area (Å²) in [6.45, 7) is 1.95. The molecule has 1 unspecified atom stereocenters. The summed E-state index contributed by atoms with van der Waals surface area (Å²) < 4.78 is 23.8. The van der Waals surface area contributed by atoms with Gasteiger partial charge in [0, 0.05) is 5.56 Å². The lowest BCUT2D eigenvalue weighted by atomic mass is 9.84. The molecule has 2 rings (SSSR count). The first-order chi connectivity index (χ1) is 10.0. The fourth-order valence-electron chi connectivity index (χ4n) is 2.31. The molecule has 0 aliphatic rings. The fraction of sp³-hybridized carbons (Fsp3) is 0.312. The zero-order chi connectivity index (χ0) is 15.5. The van der Waals surface area contributed by atoms with Crippen LogP contribution in [0.1, 0.15) is 24.6 Å². The first-order valence-electron chi connectivity index (χ1n) is 6.68. The van der Waals surface area contributed by atoms with E-state index in [0.717, 1.165) is 5.56 Å². The van der Waals surface area contributed by atoms with E-state index in [1.807, 2.05) is 13.0 Å². The van der Waals surface area contributed by atoms with Crippen molar-refractivity contribution in [2.45, 2.75) is 18.9 Å². The van der Waals surface area contributed by atoms with Gasteiger partial charge in [-0.05, 0) is 36.8 Å². The largest absolute Gasteiger partial charge is 0.497 e. The number of methoxy groups -OCH3 is 2. The van der Waals surface area contributed by atoms with E-state index in [1.165, 1.54) is 12.3 Å². The monoisotopic (exact) mass is 290 g/mol. The highest BCUT2D eigenvalue weighted by Crippen LogP contribution is 2.37. The zero-order valence-corrected chi connectivity index (χ0v) is 12.4. The molecule has 2 N–H and O–H groups in total. The van der Waals surface area contributed by atoms with Gasteiger partial charge in [-0.1, -0.05) is 6.92 Å². The van der Waals surface area contributed by atoms with Crippen LogP contribution in [0.2, 0.25) is 0 Å². The fourth-order valence-corrected chi connectivity index (χ4v) is 2.31. The van der Waals surface area contributed by atoms with Crippen molar-refractivity contribution in [2.75, 3.05) is 14.2 Å². The minimum absolute atomic E-state index is 0.394. The van der Waals surface area contributed by atoms with E-state index in [1.54, 1.807) is 32.4 Å². The van der Waals surface area contributed by atoms with Crippen LogP contribution in [0.25, 0.3) is 0 Å². The molecule has 0 saturated heterocycles. The van der Waals surface area contributed by atoms with Crippen molar-refractivity contribution >= 4 is 0 Å². The second kappa shape index (κ2) is 6.10. The Balaban J connectivity index is 2.60. The molecule has 0 amide bonds. The Bertz CT molecular complexity index is 616. The number of halogens is 1. The average molecular weight is 290 g/mol. The Morgan fingerprint density at radius 2 is 1.95 bits per heavy atom. The Morgan fingerprint density at radius 3 is 2.48 bits per heavy atom. The quantitative estimate of drug-likeness (QED) is 0.920. The molecule has 0 radical (unpaired) electrons. The van der Waals surface area contributed by atoms with Crippen LogP contribution >= 0.6 is 0 Å². The van der Waals surface area contributed by atoms with Gasteiger partial charge >= 0.3 is 0 Å². The second-order valence-electron chi connectivity index (χ2n) is 4.75. The first-order valence-corrected chi connectivity index (χ1v) is 6.68. The van der Waals surface area contributed by atoms with Crippen molar-refractivity contribution in [3.05, 3.63) is 53.6 Å². The minimum Gasteiger partial charge on any atom is -0.497 e. The van der Waals surface area contributed by atoms with Crippen LogP contribution in [0.3, 0.4) is 0 Å². The highest BCUT2D eigenvalue weighted by atomic mass is 19.1. The molecule has 0 spiro atoms. The lowest BCUT2D eigenvalue weighted by molar-refractivity contribution is 0.380. The number of nitrogens with two attached hydrogens (primary N) is 1. The number of ether oxygens (including phenoxy) is 2. The molecule has 4 nitrogen and oxygen atoms in total. The molecule has 2 aromatic rings. The topological polar surface area (TPSA) is 57.4 Å². The van der Waals surface area contributed by atoms with E-state index in [2.05, 4.69) is 4.98 Å². The smallest absolute Gasteiger partial charge is 0.141 e. The van der Waals surface area contributed by atoms with Crippen LogP contribution in [-0.2, 0) is 5.54 Å². The Kier molecular flexibility index (Phi) is 4.43. The molecule has 0 aliphatic heterocycles. The van der Waals surface area contributed by atoms with Crippen LogP contribution < -0.4 is 15.2 Å². The third-order valence-electron chi connectivity index (χ3n) is 3.63.